The first-order chi connectivity index (χ1) is 9.09. The standard InChI is InChI=1S/C17H28N2/c1-5-10-17(3,12-18-4)13-19-14(2)11-15-8-6-7-9-16(15)19/h6-9,14,18H,5,10-13H2,1-4H3. The van der Waals surface area contributed by atoms with E-state index in [4.69, 9.17) is 0 Å². The molecule has 19 heavy (non-hydrogen) atoms. The predicted octanol–water partition coefficient (Wildman–Crippen LogP) is 3.46. The zero-order valence-electron chi connectivity index (χ0n) is 12.9. The molecule has 2 unspecified atom stereocenters. The molecule has 0 bridgehead atoms. The Kier molecular flexibility index (Phi) is 4.51. The van der Waals surface area contributed by atoms with Crippen LogP contribution in [0, 0.1) is 5.41 Å². The molecule has 0 aliphatic carbocycles. The Morgan fingerprint density at radius 2 is 2.11 bits per heavy atom. The minimum Gasteiger partial charge on any atom is -0.368 e. The Morgan fingerprint density at radius 3 is 2.79 bits per heavy atom. The lowest BCUT2D eigenvalue weighted by Gasteiger charge is -2.37. The highest BCUT2D eigenvalue weighted by Crippen LogP contribution is 2.35. The van der Waals surface area contributed by atoms with E-state index in [2.05, 4.69) is 62.3 Å². The largest absolute Gasteiger partial charge is 0.368 e. The summed E-state index contributed by atoms with van der Waals surface area (Å²) in [7, 11) is 2.06. The van der Waals surface area contributed by atoms with E-state index >= 15 is 0 Å². The Bertz CT molecular complexity index is 407. The van der Waals surface area contributed by atoms with E-state index in [9.17, 15) is 0 Å². The number of fused-ring (bicyclic) bond motifs is 1. The summed E-state index contributed by atoms with van der Waals surface area (Å²) in [5.74, 6) is 0. The van der Waals surface area contributed by atoms with Gasteiger partial charge in [-0.1, -0.05) is 38.5 Å². The van der Waals surface area contributed by atoms with Crippen molar-refractivity contribution in [3.63, 3.8) is 0 Å². The number of benzene rings is 1. The second kappa shape index (κ2) is 5.96. The molecule has 1 aliphatic heterocycles. The number of rotatable bonds is 6. The van der Waals surface area contributed by atoms with E-state index in [0.29, 0.717) is 11.5 Å². The van der Waals surface area contributed by atoms with Crippen LogP contribution in [0.2, 0.25) is 0 Å². The molecule has 0 spiro atoms. The number of anilines is 1. The van der Waals surface area contributed by atoms with Gasteiger partial charge in [-0.05, 0) is 43.9 Å². The van der Waals surface area contributed by atoms with Crippen molar-refractivity contribution in [2.24, 2.45) is 5.41 Å². The molecule has 1 N–H and O–H groups in total. The molecule has 0 saturated carbocycles. The normalized spacial score (nSPS) is 21.3. The summed E-state index contributed by atoms with van der Waals surface area (Å²) in [6.45, 7) is 9.30. The quantitative estimate of drug-likeness (QED) is 0.842. The van der Waals surface area contributed by atoms with E-state index in [1.165, 1.54) is 30.5 Å². The highest BCUT2D eigenvalue weighted by atomic mass is 15.2. The van der Waals surface area contributed by atoms with Crippen LogP contribution in [0.15, 0.2) is 24.3 Å². The van der Waals surface area contributed by atoms with E-state index in [1.807, 2.05) is 0 Å². The summed E-state index contributed by atoms with van der Waals surface area (Å²) >= 11 is 0. The SMILES string of the molecule is CCCC(C)(CNC)CN1c2ccccc2CC1C. The van der Waals surface area contributed by atoms with Gasteiger partial charge < -0.3 is 10.2 Å². The second-order valence-corrected chi connectivity index (χ2v) is 6.40. The number of nitrogens with one attached hydrogen (secondary N) is 1. The molecule has 1 aromatic carbocycles. The Labute approximate surface area is 118 Å². The van der Waals surface area contributed by atoms with Gasteiger partial charge in [0.25, 0.3) is 0 Å². The fourth-order valence-electron chi connectivity index (χ4n) is 3.54. The molecule has 106 valence electrons. The maximum Gasteiger partial charge on any atom is 0.0402 e. The topological polar surface area (TPSA) is 15.3 Å². The lowest BCUT2D eigenvalue weighted by atomic mass is 9.84. The first-order valence-corrected chi connectivity index (χ1v) is 7.59. The summed E-state index contributed by atoms with van der Waals surface area (Å²) in [4.78, 5) is 2.61. The van der Waals surface area contributed by atoms with E-state index < -0.39 is 0 Å². The predicted molar refractivity (Wildman–Crippen MR) is 83.9 cm³/mol. The van der Waals surface area contributed by atoms with Gasteiger partial charge in [-0.3, -0.25) is 0 Å². The fraction of sp³-hybridized carbons (Fsp3) is 0.647. The molecular formula is C17H28N2. The van der Waals surface area contributed by atoms with Crippen molar-refractivity contribution >= 4 is 5.69 Å². The minimum absolute atomic E-state index is 0.356. The van der Waals surface area contributed by atoms with Gasteiger partial charge in [-0.2, -0.15) is 0 Å². The van der Waals surface area contributed by atoms with Crippen molar-refractivity contribution in [1.82, 2.24) is 5.32 Å². The molecule has 0 fully saturated rings. The third-order valence-electron chi connectivity index (χ3n) is 4.36. The first-order valence-electron chi connectivity index (χ1n) is 7.59. The number of hydrogen-bond acceptors (Lipinski definition) is 2. The van der Waals surface area contributed by atoms with Crippen molar-refractivity contribution in [2.75, 3.05) is 25.0 Å². The van der Waals surface area contributed by atoms with Gasteiger partial charge >= 0.3 is 0 Å². The van der Waals surface area contributed by atoms with Gasteiger partial charge in [0.15, 0.2) is 0 Å². The molecule has 2 nitrogen and oxygen atoms in total. The Hall–Kier alpha value is -1.02. The number of nitrogens with zero attached hydrogens (tertiary/aromatic N) is 1. The zero-order chi connectivity index (χ0) is 13.9. The van der Waals surface area contributed by atoms with Gasteiger partial charge in [0.1, 0.15) is 0 Å². The Balaban J connectivity index is 2.17. The third-order valence-corrected chi connectivity index (χ3v) is 4.36. The molecule has 0 amide bonds. The first kappa shape index (κ1) is 14.4. The average molecular weight is 260 g/mol. The van der Waals surface area contributed by atoms with Gasteiger partial charge in [0, 0.05) is 24.8 Å². The van der Waals surface area contributed by atoms with Crippen LogP contribution in [0.5, 0.6) is 0 Å². The second-order valence-electron chi connectivity index (χ2n) is 6.40. The molecule has 1 aliphatic rings. The van der Waals surface area contributed by atoms with E-state index in [-0.39, 0.29) is 0 Å². The van der Waals surface area contributed by atoms with Crippen LogP contribution in [0.3, 0.4) is 0 Å². The molecular weight excluding hydrogens is 232 g/mol. The molecule has 1 aromatic rings. The molecule has 2 heteroatoms. The number of hydrogen-bond donors (Lipinski definition) is 1. The van der Waals surface area contributed by atoms with Gasteiger partial charge in [0.2, 0.25) is 0 Å². The van der Waals surface area contributed by atoms with Crippen LogP contribution >= 0.6 is 0 Å². The lowest BCUT2D eigenvalue weighted by molar-refractivity contribution is 0.283. The smallest absolute Gasteiger partial charge is 0.0402 e. The van der Waals surface area contributed by atoms with Crippen molar-refractivity contribution in [1.29, 1.82) is 0 Å². The lowest BCUT2D eigenvalue weighted by Crippen LogP contribution is -2.43. The minimum atomic E-state index is 0.356. The van der Waals surface area contributed by atoms with Gasteiger partial charge in [-0.15, -0.1) is 0 Å². The molecule has 2 rings (SSSR count). The van der Waals surface area contributed by atoms with Gasteiger partial charge in [0.05, 0.1) is 0 Å². The fourth-order valence-corrected chi connectivity index (χ4v) is 3.54. The number of para-hydroxylation sites is 1. The van der Waals surface area contributed by atoms with Crippen LogP contribution in [0.4, 0.5) is 5.69 Å². The summed E-state index contributed by atoms with van der Waals surface area (Å²) < 4.78 is 0. The highest BCUT2D eigenvalue weighted by Gasteiger charge is 2.32. The average Bonchev–Trinajstić information content (AvgIpc) is 2.67. The van der Waals surface area contributed by atoms with Crippen LogP contribution in [0.1, 0.15) is 39.2 Å². The summed E-state index contributed by atoms with van der Waals surface area (Å²) in [5.41, 5.74) is 3.32. The molecule has 0 radical (unpaired) electrons. The van der Waals surface area contributed by atoms with Crippen molar-refractivity contribution < 1.29 is 0 Å². The highest BCUT2D eigenvalue weighted by molar-refractivity contribution is 5.59. The maximum atomic E-state index is 3.38. The van der Waals surface area contributed by atoms with E-state index in [0.717, 1.165) is 13.1 Å². The van der Waals surface area contributed by atoms with Crippen molar-refractivity contribution in [3.8, 4) is 0 Å². The molecule has 0 saturated heterocycles. The third kappa shape index (κ3) is 3.11. The molecule has 1 heterocycles. The summed E-state index contributed by atoms with van der Waals surface area (Å²) in [6.07, 6.45) is 3.72. The summed E-state index contributed by atoms with van der Waals surface area (Å²) in [6, 6.07) is 9.52. The van der Waals surface area contributed by atoms with Crippen LogP contribution in [-0.4, -0.2) is 26.2 Å². The summed E-state index contributed by atoms with van der Waals surface area (Å²) in [5, 5.41) is 3.38. The molecule has 0 aromatic heterocycles. The van der Waals surface area contributed by atoms with Crippen molar-refractivity contribution in [2.45, 2.75) is 46.1 Å². The zero-order valence-corrected chi connectivity index (χ0v) is 12.9. The van der Waals surface area contributed by atoms with Gasteiger partial charge in [-0.25, -0.2) is 0 Å². The van der Waals surface area contributed by atoms with Crippen molar-refractivity contribution in [3.05, 3.63) is 29.8 Å². The maximum absolute atomic E-state index is 3.38. The van der Waals surface area contributed by atoms with Crippen LogP contribution in [0.25, 0.3) is 0 Å². The van der Waals surface area contributed by atoms with Crippen LogP contribution < -0.4 is 10.2 Å². The van der Waals surface area contributed by atoms with E-state index in [1.54, 1.807) is 0 Å². The molecule has 2 atom stereocenters. The van der Waals surface area contributed by atoms with Crippen LogP contribution in [-0.2, 0) is 6.42 Å². The Morgan fingerprint density at radius 1 is 1.37 bits per heavy atom. The monoisotopic (exact) mass is 260 g/mol.